The van der Waals surface area contributed by atoms with E-state index >= 15 is 0 Å². The average Bonchev–Trinajstić information content (AvgIpc) is 2.96. The van der Waals surface area contributed by atoms with Crippen LogP contribution >= 0.6 is 0 Å². The summed E-state index contributed by atoms with van der Waals surface area (Å²) in [5.74, 6) is 0. The van der Waals surface area contributed by atoms with Crippen molar-refractivity contribution >= 4 is 16.1 Å². The van der Waals surface area contributed by atoms with Gasteiger partial charge in [0.05, 0.1) is 6.26 Å². The molecule has 9 heteroatoms. The summed E-state index contributed by atoms with van der Waals surface area (Å²) in [7, 11) is -3.16. The fraction of sp³-hybridized carbons (Fsp3) is 0.667. The number of aromatic nitrogens is 2. The van der Waals surface area contributed by atoms with E-state index in [1.165, 1.54) is 10.6 Å². The van der Waals surface area contributed by atoms with Crippen LogP contribution in [-0.4, -0.2) is 72.4 Å². The van der Waals surface area contributed by atoms with Crippen LogP contribution in [0.1, 0.15) is 6.42 Å². The summed E-state index contributed by atoms with van der Waals surface area (Å²) in [6.07, 6.45) is 5.60. The Labute approximate surface area is 124 Å². The highest BCUT2D eigenvalue weighted by Crippen LogP contribution is 2.05. The zero-order valence-electron chi connectivity index (χ0n) is 12.1. The highest BCUT2D eigenvalue weighted by Gasteiger charge is 2.25. The quantitative estimate of drug-likeness (QED) is 0.746. The zero-order valence-corrected chi connectivity index (χ0v) is 12.9. The molecule has 1 saturated heterocycles. The van der Waals surface area contributed by atoms with Gasteiger partial charge in [-0.1, -0.05) is 0 Å². The molecule has 118 valence electrons. The van der Waals surface area contributed by atoms with Crippen molar-refractivity contribution in [2.24, 2.45) is 0 Å². The fourth-order valence-electron chi connectivity index (χ4n) is 2.20. The van der Waals surface area contributed by atoms with Crippen molar-refractivity contribution in [2.75, 3.05) is 39.0 Å². The summed E-state index contributed by atoms with van der Waals surface area (Å²) in [6, 6.07) is 1.73. The molecule has 21 heavy (non-hydrogen) atoms. The number of amides is 2. The lowest BCUT2D eigenvalue weighted by Gasteiger charge is -2.33. The molecule has 2 rings (SSSR count). The topological polar surface area (TPSA) is 87.5 Å². The monoisotopic (exact) mass is 315 g/mol. The van der Waals surface area contributed by atoms with Crippen LogP contribution in [0.5, 0.6) is 0 Å². The Morgan fingerprint density at radius 3 is 2.57 bits per heavy atom. The fourth-order valence-corrected chi connectivity index (χ4v) is 3.03. The Bertz CT molecular complexity index is 549. The van der Waals surface area contributed by atoms with Crippen LogP contribution in [0.25, 0.3) is 0 Å². The molecule has 1 fully saturated rings. The van der Waals surface area contributed by atoms with Gasteiger partial charge < -0.3 is 10.2 Å². The second-order valence-corrected chi connectivity index (χ2v) is 6.99. The molecule has 1 N–H and O–H groups in total. The van der Waals surface area contributed by atoms with E-state index in [0.717, 1.165) is 13.0 Å². The summed E-state index contributed by atoms with van der Waals surface area (Å²) < 4.78 is 26.0. The van der Waals surface area contributed by atoms with Gasteiger partial charge in [-0.15, -0.1) is 0 Å². The summed E-state index contributed by atoms with van der Waals surface area (Å²) in [4.78, 5) is 13.6. The second-order valence-electron chi connectivity index (χ2n) is 5.00. The van der Waals surface area contributed by atoms with E-state index in [4.69, 9.17) is 0 Å². The average molecular weight is 315 g/mol. The number of carbonyl (C=O) groups excluding carboxylic acids is 1. The van der Waals surface area contributed by atoms with Crippen LogP contribution in [0.4, 0.5) is 4.79 Å². The van der Waals surface area contributed by atoms with Crippen LogP contribution < -0.4 is 5.32 Å². The van der Waals surface area contributed by atoms with Crippen molar-refractivity contribution in [1.82, 2.24) is 24.3 Å². The smallest absolute Gasteiger partial charge is 0.317 e. The maximum absolute atomic E-state index is 11.9. The Morgan fingerprint density at radius 2 is 2.00 bits per heavy atom. The first kappa shape index (κ1) is 15.8. The van der Waals surface area contributed by atoms with Crippen LogP contribution in [0.15, 0.2) is 18.5 Å². The Morgan fingerprint density at radius 1 is 1.29 bits per heavy atom. The summed E-state index contributed by atoms with van der Waals surface area (Å²) in [6.45, 7) is 2.91. The standard InChI is InChI=1S/C12H21N5O3S/c1-21(19,20)17-10-8-15(9-11-17)12(18)13-4-2-6-16-7-3-5-14-16/h3,5,7H,2,4,6,8-11H2,1H3,(H,13,18). The minimum Gasteiger partial charge on any atom is -0.338 e. The number of rotatable bonds is 5. The summed E-state index contributed by atoms with van der Waals surface area (Å²) in [5.41, 5.74) is 0. The maximum Gasteiger partial charge on any atom is 0.317 e. The number of nitrogens with one attached hydrogen (secondary N) is 1. The van der Waals surface area contributed by atoms with Gasteiger partial charge in [-0.3, -0.25) is 4.68 Å². The third-order valence-corrected chi connectivity index (χ3v) is 4.70. The van der Waals surface area contributed by atoms with E-state index in [1.54, 1.807) is 11.1 Å². The molecule has 1 aromatic heterocycles. The number of piperazine rings is 1. The number of nitrogens with zero attached hydrogens (tertiary/aromatic N) is 4. The first-order valence-corrected chi connectivity index (χ1v) is 8.77. The van der Waals surface area contributed by atoms with Gasteiger partial charge >= 0.3 is 6.03 Å². The van der Waals surface area contributed by atoms with Gasteiger partial charge in [-0.05, 0) is 12.5 Å². The van der Waals surface area contributed by atoms with Gasteiger partial charge in [0.15, 0.2) is 0 Å². The second kappa shape index (κ2) is 6.90. The highest BCUT2D eigenvalue weighted by atomic mass is 32.2. The molecule has 2 amide bonds. The van der Waals surface area contributed by atoms with Gasteiger partial charge in [0, 0.05) is 51.7 Å². The molecule has 0 aromatic carbocycles. The Hall–Kier alpha value is -1.61. The van der Waals surface area contributed by atoms with Crippen molar-refractivity contribution in [2.45, 2.75) is 13.0 Å². The lowest BCUT2D eigenvalue weighted by Crippen LogP contribution is -2.53. The van der Waals surface area contributed by atoms with Crippen molar-refractivity contribution < 1.29 is 13.2 Å². The number of urea groups is 1. The first-order chi connectivity index (χ1) is 9.97. The molecular weight excluding hydrogens is 294 g/mol. The van der Waals surface area contributed by atoms with Gasteiger partial charge in [0.2, 0.25) is 10.0 Å². The van der Waals surface area contributed by atoms with Crippen LogP contribution in [0, 0.1) is 0 Å². The first-order valence-electron chi connectivity index (χ1n) is 6.92. The number of hydrogen-bond acceptors (Lipinski definition) is 4. The van der Waals surface area contributed by atoms with Crippen molar-refractivity contribution in [1.29, 1.82) is 0 Å². The Kier molecular flexibility index (Phi) is 5.18. The van der Waals surface area contributed by atoms with E-state index in [-0.39, 0.29) is 6.03 Å². The SMILES string of the molecule is CS(=O)(=O)N1CCN(C(=O)NCCCn2cccn2)CC1. The van der Waals surface area contributed by atoms with Gasteiger partial charge in [-0.2, -0.15) is 9.40 Å². The summed E-state index contributed by atoms with van der Waals surface area (Å²) in [5, 5.41) is 6.93. The molecule has 0 bridgehead atoms. The lowest BCUT2D eigenvalue weighted by atomic mass is 10.4. The molecule has 1 aromatic rings. The minimum atomic E-state index is -3.16. The molecule has 0 unspecified atom stereocenters. The largest absolute Gasteiger partial charge is 0.338 e. The molecule has 0 aliphatic carbocycles. The van der Waals surface area contributed by atoms with Crippen LogP contribution in [0.2, 0.25) is 0 Å². The van der Waals surface area contributed by atoms with E-state index in [9.17, 15) is 13.2 Å². The van der Waals surface area contributed by atoms with E-state index < -0.39 is 10.0 Å². The normalized spacial score (nSPS) is 16.9. The van der Waals surface area contributed by atoms with Crippen LogP contribution in [0.3, 0.4) is 0 Å². The van der Waals surface area contributed by atoms with Crippen molar-refractivity contribution in [3.63, 3.8) is 0 Å². The predicted octanol–water partition coefficient (Wildman–Crippen LogP) is -0.440. The molecule has 0 radical (unpaired) electrons. The van der Waals surface area contributed by atoms with E-state index in [2.05, 4.69) is 10.4 Å². The molecule has 1 aliphatic heterocycles. The minimum absolute atomic E-state index is 0.136. The zero-order chi connectivity index (χ0) is 15.3. The predicted molar refractivity (Wildman–Crippen MR) is 78.2 cm³/mol. The molecule has 0 atom stereocenters. The number of hydrogen-bond donors (Lipinski definition) is 1. The molecule has 0 saturated carbocycles. The molecule has 8 nitrogen and oxygen atoms in total. The van der Waals surface area contributed by atoms with Crippen LogP contribution in [-0.2, 0) is 16.6 Å². The lowest BCUT2D eigenvalue weighted by molar-refractivity contribution is 0.172. The molecule has 1 aliphatic rings. The Balaban J connectivity index is 1.65. The van der Waals surface area contributed by atoms with E-state index in [1.807, 2.05) is 16.9 Å². The van der Waals surface area contributed by atoms with E-state index in [0.29, 0.717) is 32.7 Å². The van der Waals surface area contributed by atoms with Gasteiger partial charge in [0.25, 0.3) is 0 Å². The van der Waals surface area contributed by atoms with Crippen molar-refractivity contribution in [3.05, 3.63) is 18.5 Å². The van der Waals surface area contributed by atoms with Gasteiger partial charge in [0.1, 0.15) is 0 Å². The number of carbonyl (C=O) groups is 1. The highest BCUT2D eigenvalue weighted by molar-refractivity contribution is 7.88. The molecular formula is C12H21N5O3S. The number of sulfonamides is 1. The third-order valence-electron chi connectivity index (χ3n) is 3.39. The molecule has 2 heterocycles. The third kappa shape index (κ3) is 4.71. The summed E-state index contributed by atoms with van der Waals surface area (Å²) >= 11 is 0. The number of aryl methyl sites for hydroxylation is 1. The van der Waals surface area contributed by atoms with Crippen molar-refractivity contribution in [3.8, 4) is 0 Å². The maximum atomic E-state index is 11.9. The van der Waals surface area contributed by atoms with Gasteiger partial charge in [-0.25, -0.2) is 13.2 Å². The molecule has 0 spiro atoms.